The second kappa shape index (κ2) is 5.74. The number of hydrogen-bond acceptors (Lipinski definition) is 4. The van der Waals surface area contributed by atoms with E-state index in [-0.39, 0.29) is 12.1 Å². The van der Waals surface area contributed by atoms with Crippen LogP contribution in [0.3, 0.4) is 0 Å². The minimum atomic E-state index is 0.0954. The Morgan fingerprint density at radius 3 is 2.89 bits per heavy atom. The molecule has 4 nitrogen and oxygen atoms in total. The maximum Gasteiger partial charge on any atom is 0.134 e. The standard InChI is InChI=1S/C15H19NO3/c1-2-16-13(10-18-12-8-17-9-12)15-7-11-5-3-4-6-14(11)19-15/h3-7,12-13,16H,2,8-10H2,1H3. The smallest absolute Gasteiger partial charge is 0.134 e. The Hall–Kier alpha value is -1.36. The maximum absolute atomic E-state index is 5.89. The van der Waals surface area contributed by atoms with Gasteiger partial charge < -0.3 is 19.2 Å². The highest BCUT2D eigenvalue weighted by atomic mass is 16.6. The van der Waals surface area contributed by atoms with Crippen molar-refractivity contribution in [1.82, 2.24) is 5.32 Å². The monoisotopic (exact) mass is 261 g/mol. The van der Waals surface area contributed by atoms with Gasteiger partial charge in [0.2, 0.25) is 0 Å². The summed E-state index contributed by atoms with van der Waals surface area (Å²) in [5.41, 5.74) is 0.924. The normalized spacial score (nSPS) is 17.5. The molecule has 0 aliphatic carbocycles. The van der Waals surface area contributed by atoms with Crippen LogP contribution in [0.15, 0.2) is 34.7 Å². The first-order valence-electron chi connectivity index (χ1n) is 6.78. The number of furan rings is 1. The lowest BCUT2D eigenvalue weighted by atomic mass is 10.2. The third kappa shape index (κ3) is 2.81. The van der Waals surface area contributed by atoms with Crippen LogP contribution in [0.1, 0.15) is 18.7 Å². The first-order chi connectivity index (χ1) is 9.36. The summed E-state index contributed by atoms with van der Waals surface area (Å²) in [6.45, 7) is 4.99. The van der Waals surface area contributed by atoms with Gasteiger partial charge in [0.05, 0.1) is 25.9 Å². The van der Waals surface area contributed by atoms with E-state index in [0.717, 1.165) is 23.3 Å². The van der Waals surface area contributed by atoms with Gasteiger partial charge in [-0.3, -0.25) is 0 Å². The van der Waals surface area contributed by atoms with Gasteiger partial charge in [0, 0.05) is 5.39 Å². The largest absolute Gasteiger partial charge is 0.459 e. The number of rotatable bonds is 6. The van der Waals surface area contributed by atoms with Crippen molar-refractivity contribution in [2.75, 3.05) is 26.4 Å². The molecule has 1 saturated heterocycles. The van der Waals surface area contributed by atoms with E-state index >= 15 is 0 Å². The fourth-order valence-corrected chi connectivity index (χ4v) is 2.20. The molecule has 1 aromatic heterocycles. The van der Waals surface area contributed by atoms with Gasteiger partial charge in [-0.15, -0.1) is 0 Å². The SMILES string of the molecule is CCNC(COC1COC1)c1cc2ccccc2o1. The van der Waals surface area contributed by atoms with Gasteiger partial charge >= 0.3 is 0 Å². The fraction of sp³-hybridized carbons (Fsp3) is 0.467. The van der Waals surface area contributed by atoms with Crippen molar-refractivity contribution in [2.45, 2.75) is 19.1 Å². The predicted octanol–water partition coefficient (Wildman–Crippen LogP) is 2.50. The number of likely N-dealkylation sites (N-methyl/N-ethyl adjacent to an activating group) is 1. The first-order valence-corrected chi connectivity index (χ1v) is 6.78. The van der Waals surface area contributed by atoms with Crippen LogP contribution in [-0.4, -0.2) is 32.5 Å². The van der Waals surface area contributed by atoms with Crippen LogP contribution < -0.4 is 5.32 Å². The van der Waals surface area contributed by atoms with Crippen molar-refractivity contribution in [2.24, 2.45) is 0 Å². The number of benzene rings is 1. The van der Waals surface area contributed by atoms with E-state index in [1.165, 1.54) is 0 Å². The molecular formula is C15H19NO3. The highest BCUT2D eigenvalue weighted by molar-refractivity contribution is 5.77. The lowest BCUT2D eigenvalue weighted by molar-refractivity contribution is -0.133. The highest BCUT2D eigenvalue weighted by Crippen LogP contribution is 2.24. The third-order valence-corrected chi connectivity index (χ3v) is 3.34. The van der Waals surface area contributed by atoms with Crippen LogP contribution in [0.2, 0.25) is 0 Å². The Morgan fingerprint density at radius 2 is 2.21 bits per heavy atom. The Bertz CT molecular complexity index is 500. The molecule has 19 heavy (non-hydrogen) atoms. The van der Waals surface area contributed by atoms with Crippen LogP contribution in [0.4, 0.5) is 0 Å². The molecule has 0 saturated carbocycles. The molecule has 102 valence electrons. The molecule has 1 fully saturated rings. The lowest BCUT2D eigenvalue weighted by Crippen LogP contribution is -2.38. The van der Waals surface area contributed by atoms with Crippen LogP contribution >= 0.6 is 0 Å². The summed E-state index contributed by atoms with van der Waals surface area (Å²) < 4.78 is 16.8. The van der Waals surface area contributed by atoms with E-state index in [4.69, 9.17) is 13.9 Å². The van der Waals surface area contributed by atoms with Gasteiger partial charge in [-0.05, 0) is 18.7 Å². The number of fused-ring (bicyclic) bond motifs is 1. The molecule has 2 heterocycles. The second-order valence-electron chi connectivity index (χ2n) is 4.79. The summed E-state index contributed by atoms with van der Waals surface area (Å²) in [5.74, 6) is 0.934. The van der Waals surface area contributed by atoms with Crippen LogP contribution in [0.25, 0.3) is 11.0 Å². The molecule has 1 N–H and O–H groups in total. The first kappa shape index (κ1) is 12.7. The molecule has 1 unspecified atom stereocenters. The molecule has 1 aromatic carbocycles. The van der Waals surface area contributed by atoms with Gasteiger partial charge in [0.15, 0.2) is 0 Å². The van der Waals surface area contributed by atoms with Gasteiger partial charge in [-0.2, -0.15) is 0 Å². The van der Waals surface area contributed by atoms with E-state index < -0.39 is 0 Å². The van der Waals surface area contributed by atoms with Gasteiger partial charge in [-0.25, -0.2) is 0 Å². The van der Waals surface area contributed by atoms with E-state index in [2.05, 4.69) is 24.4 Å². The van der Waals surface area contributed by atoms with Crippen molar-refractivity contribution in [3.63, 3.8) is 0 Å². The minimum Gasteiger partial charge on any atom is -0.459 e. The molecule has 4 heteroatoms. The van der Waals surface area contributed by atoms with Gasteiger partial charge in [-0.1, -0.05) is 25.1 Å². The van der Waals surface area contributed by atoms with E-state index in [1.54, 1.807) is 0 Å². The molecule has 0 bridgehead atoms. The summed E-state index contributed by atoms with van der Waals surface area (Å²) in [4.78, 5) is 0. The molecule has 2 aromatic rings. The molecule has 0 radical (unpaired) electrons. The molecule has 1 aliphatic rings. The Balaban J connectivity index is 1.73. The van der Waals surface area contributed by atoms with Crippen molar-refractivity contribution in [1.29, 1.82) is 0 Å². The molecule has 0 amide bonds. The average molecular weight is 261 g/mol. The van der Waals surface area contributed by atoms with Crippen molar-refractivity contribution >= 4 is 11.0 Å². The summed E-state index contributed by atoms with van der Waals surface area (Å²) in [6.07, 6.45) is 0.241. The maximum atomic E-state index is 5.89. The summed E-state index contributed by atoms with van der Waals surface area (Å²) in [7, 11) is 0. The number of nitrogens with one attached hydrogen (secondary N) is 1. The van der Waals surface area contributed by atoms with E-state index in [0.29, 0.717) is 19.8 Å². The zero-order valence-electron chi connectivity index (χ0n) is 11.1. The number of hydrogen-bond donors (Lipinski definition) is 1. The second-order valence-corrected chi connectivity index (χ2v) is 4.79. The summed E-state index contributed by atoms with van der Waals surface area (Å²) >= 11 is 0. The molecule has 3 rings (SSSR count). The Kier molecular flexibility index (Phi) is 3.82. The fourth-order valence-electron chi connectivity index (χ4n) is 2.20. The topological polar surface area (TPSA) is 43.6 Å². The average Bonchev–Trinajstić information content (AvgIpc) is 2.79. The third-order valence-electron chi connectivity index (χ3n) is 3.34. The van der Waals surface area contributed by atoms with Crippen LogP contribution in [0.5, 0.6) is 0 Å². The molecule has 1 atom stereocenters. The predicted molar refractivity (Wildman–Crippen MR) is 73.2 cm³/mol. The van der Waals surface area contributed by atoms with E-state index in [1.807, 2.05) is 18.2 Å². The van der Waals surface area contributed by atoms with Crippen molar-refractivity contribution in [3.05, 3.63) is 36.1 Å². The van der Waals surface area contributed by atoms with Gasteiger partial charge in [0.25, 0.3) is 0 Å². The Morgan fingerprint density at radius 1 is 1.37 bits per heavy atom. The summed E-state index contributed by atoms with van der Waals surface area (Å²) in [5, 5.41) is 4.54. The molecule has 0 spiro atoms. The van der Waals surface area contributed by atoms with Gasteiger partial charge in [0.1, 0.15) is 17.4 Å². The molecule has 1 aliphatic heterocycles. The lowest BCUT2D eigenvalue weighted by Gasteiger charge is -2.27. The van der Waals surface area contributed by atoms with Crippen molar-refractivity contribution in [3.8, 4) is 0 Å². The minimum absolute atomic E-state index is 0.0954. The van der Waals surface area contributed by atoms with E-state index in [9.17, 15) is 0 Å². The zero-order valence-corrected chi connectivity index (χ0v) is 11.1. The quantitative estimate of drug-likeness (QED) is 0.867. The highest BCUT2D eigenvalue weighted by Gasteiger charge is 2.22. The van der Waals surface area contributed by atoms with Crippen LogP contribution in [-0.2, 0) is 9.47 Å². The zero-order chi connectivity index (χ0) is 13.1. The van der Waals surface area contributed by atoms with Crippen LogP contribution in [0, 0.1) is 0 Å². The molecular weight excluding hydrogens is 242 g/mol. The number of para-hydroxylation sites is 1. The number of ether oxygens (including phenoxy) is 2. The Labute approximate surface area is 112 Å². The summed E-state index contributed by atoms with van der Waals surface area (Å²) in [6, 6.07) is 10.2. The van der Waals surface area contributed by atoms with Crippen molar-refractivity contribution < 1.29 is 13.9 Å².